The first kappa shape index (κ1) is 66.7. The van der Waals surface area contributed by atoms with Gasteiger partial charge in [0.1, 0.15) is 55.2 Å². The Labute approximate surface area is 468 Å². The molecule has 0 aromatic carbocycles. The second kappa shape index (κ2) is 28.5. The lowest BCUT2D eigenvalue weighted by Gasteiger charge is -2.48. The minimum Gasteiger partial charge on any atom is -0.463 e. The monoisotopic (exact) mass is 1150 g/mol. The van der Waals surface area contributed by atoms with Gasteiger partial charge in [-0.05, 0) is 94.2 Å². The fourth-order valence-corrected chi connectivity index (χ4v) is 11.5. The molecule has 22 atom stereocenters. The van der Waals surface area contributed by atoms with Gasteiger partial charge in [-0.2, -0.15) is 0 Å². The number of carbonyl (C=O) groups excluding carboxylic acids is 5. The lowest BCUT2D eigenvalue weighted by Crippen LogP contribution is -2.61. The zero-order chi connectivity index (χ0) is 59.8. The lowest BCUT2D eigenvalue weighted by molar-refractivity contribution is -0.316. The predicted octanol–water partition coefficient (Wildman–Crippen LogP) is -0.661. The Morgan fingerprint density at radius 2 is 1.59 bits per heavy atom. The number of primary amides is 1. The molecular formula is C53H91N7O20. The normalized spacial score (nSPS) is 40.7. The molecule has 4 fully saturated rings. The van der Waals surface area contributed by atoms with Gasteiger partial charge in [0, 0.05) is 51.4 Å². The van der Waals surface area contributed by atoms with Crippen LogP contribution in [0, 0.1) is 17.8 Å². The zero-order valence-corrected chi connectivity index (χ0v) is 48.6. The van der Waals surface area contributed by atoms with Crippen LogP contribution in [0.2, 0.25) is 0 Å². The van der Waals surface area contributed by atoms with Crippen LogP contribution >= 0.6 is 0 Å². The van der Waals surface area contributed by atoms with Gasteiger partial charge in [0.25, 0.3) is 5.91 Å². The van der Waals surface area contributed by atoms with E-state index in [1.165, 1.54) is 14.0 Å². The first-order valence-corrected chi connectivity index (χ1v) is 27.8. The number of aliphatic hydroxyl groups excluding tert-OH is 4. The van der Waals surface area contributed by atoms with Gasteiger partial charge in [0.05, 0.1) is 54.0 Å². The molecule has 0 bridgehead atoms. The molecule has 1 aromatic heterocycles. The van der Waals surface area contributed by atoms with E-state index in [0.717, 1.165) is 11.0 Å². The molecule has 5 rings (SSSR count). The van der Waals surface area contributed by atoms with Crippen LogP contribution in [-0.2, 0) is 61.8 Å². The molecule has 4 aliphatic rings. The van der Waals surface area contributed by atoms with Crippen molar-refractivity contribution in [2.24, 2.45) is 23.5 Å². The van der Waals surface area contributed by atoms with E-state index in [0.29, 0.717) is 13.0 Å². The van der Waals surface area contributed by atoms with Gasteiger partial charge < -0.3 is 94.5 Å². The smallest absolute Gasteiger partial charge is 0.311 e. The Hall–Kier alpha value is -4.07. The number of ether oxygens (including phenoxy) is 9. The van der Waals surface area contributed by atoms with Crippen LogP contribution in [0.3, 0.4) is 0 Å². The number of nitrogens with zero attached hydrogens (tertiary/aromatic N) is 4. The summed E-state index contributed by atoms with van der Waals surface area (Å²) >= 11 is 0. The van der Waals surface area contributed by atoms with Gasteiger partial charge in [-0.15, -0.1) is 5.10 Å². The summed E-state index contributed by atoms with van der Waals surface area (Å²) in [6.45, 7) is 16.8. The van der Waals surface area contributed by atoms with Gasteiger partial charge in [-0.3, -0.25) is 24.0 Å². The molecule has 0 aliphatic carbocycles. The van der Waals surface area contributed by atoms with Crippen molar-refractivity contribution in [1.82, 2.24) is 30.3 Å². The number of hydrogen-bond acceptors (Lipinski definition) is 24. The van der Waals surface area contributed by atoms with Crippen molar-refractivity contribution in [3.05, 3.63) is 12.2 Å². The highest BCUT2D eigenvalue weighted by Crippen LogP contribution is 2.40. The number of carbonyl (C=O) groups is 5. The Balaban J connectivity index is 1.30. The van der Waals surface area contributed by atoms with Crippen LogP contribution in [0.5, 0.6) is 0 Å². The molecule has 0 radical (unpaired) electrons. The maximum atomic E-state index is 14.5. The molecule has 4 saturated heterocycles. The molecular weight excluding hydrogens is 1050 g/mol. The Kier molecular flexibility index (Phi) is 23.7. The largest absolute Gasteiger partial charge is 0.463 e. The molecule has 0 saturated carbocycles. The van der Waals surface area contributed by atoms with E-state index >= 15 is 0 Å². The van der Waals surface area contributed by atoms with Crippen molar-refractivity contribution < 1.29 is 97.2 Å². The van der Waals surface area contributed by atoms with Gasteiger partial charge in [-0.25, -0.2) is 9.67 Å². The maximum Gasteiger partial charge on any atom is 0.311 e. The van der Waals surface area contributed by atoms with Crippen LogP contribution in [0.25, 0.3) is 0 Å². The SMILES string of the molecule is CC[C@H]1OC(=O)[C@H](C)[C@@H](O[C@H]2C[C@@](C)(OC)[C@@H](O)[C@H](C)O2)[C@H](C)[C@@H](O[C@@H]2O[C@H](C)CC(NC)[C@H]2OC(=O)CCNC(=O)CCCC(=O)OC[C@H]2O[C@@H](n3cnc(C(N)=O)n3)[C@H](O)[C@@H]2O)[C@](C)(O)C[C@@H](C)CN(C)[C@H](C)[C@@H](O)[C@]1(C)O. The number of aromatic nitrogens is 3. The zero-order valence-electron chi connectivity index (χ0n) is 48.6. The van der Waals surface area contributed by atoms with Crippen LogP contribution in [0.15, 0.2) is 6.33 Å². The summed E-state index contributed by atoms with van der Waals surface area (Å²) in [6, 6.07) is -1.16. The molecule has 0 spiro atoms. The summed E-state index contributed by atoms with van der Waals surface area (Å²) < 4.78 is 56.2. The first-order valence-electron chi connectivity index (χ1n) is 27.8. The fourth-order valence-electron chi connectivity index (χ4n) is 11.5. The molecule has 1 unspecified atom stereocenters. The number of likely N-dealkylation sites (N-methyl/N-ethyl adjacent to an activating group) is 2. The number of nitrogens with one attached hydrogen (secondary N) is 2. The predicted molar refractivity (Wildman–Crippen MR) is 280 cm³/mol. The highest BCUT2D eigenvalue weighted by Gasteiger charge is 2.53. The van der Waals surface area contributed by atoms with Crippen molar-refractivity contribution in [2.75, 3.05) is 40.9 Å². The van der Waals surface area contributed by atoms with E-state index in [4.69, 9.17) is 48.4 Å². The minimum absolute atomic E-state index is 0.0380. The van der Waals surface area contributed by atoms with Crippen LogP contribution in [-0.4, -0.2) is 230 Å². The maximum absolute atomic E-state index is 14.5. The number of hydrogen-bond donors (Lipinski definition) is 9. The highest BCUT2D eigenvalue weighted by atomic mass is 16.7. The summed E-state index contributed by atoms with van der Waals surface area (Å²) in [6.07, 6.45) is -14.7. The molecule has 5 heterocycles. The van der Waals surface area contributed by atoms with Gasteiger partial charge >= 0.3 is 17.9 Å². The summed E-state index contributed by atoms with van der Waals surface area (Å²) in [5.41, 5.74) is 0.425. The molecule has 1 aromatic rings. The number of rotatable bonds is 19. The molecule has 4 aliphatic heterocycles. The van der Waals surface area contributed by atoms with Gasteiger partial charge in [0.15, 0.2) is 24.9 Å². The lowest BCUT2D eigenvalue weighted by atomic mass is 9.77. The summed E-state index contributed by atoms with van der Waals surface area (Å²) in [4.78, 5) is 70.6. The van der Waals surface area contributed by atoms with Crippen molar-refractivity contribution in [3.8, 4) is 0 Å². The number of nitrogens with two attached hydrogens (primary N) is 1. The van der Waals surface area contributed by atoms with Crippen LogP contribution in [0.4, 0.5) is 0 Å². The number of methoxy groups -OCH3 is 1. The standard InChI is InChI=1S/C53H91N7O20/c1-14-34-53(10,71)43(66)30(6)59(12)23-26(2)21-51(8,70)45(28(4)41(29(5)49(69)77-34)79-38-22-52(9,72-13)44(67)31(7)75-38)80-50-42(32(55-11)20-27(3)74-50)78-37(63)18-19-56-35(61)16-15-17-36(62)73-24-33-39(64)40(65)48(76-33)60-25-57-47(58-60)46(54)68/h25-34,38-45,48,50,55,64-67,70-71H,14-24H2,1-13H3,(H2,54,68)(H,56,61)/t26-,27-,28+,29-,30-,31+,32?,33-,34-,38+,39-,40-,41+,42-,43-,44+,45-,48-,50+,51-,52-,53-/m1/s1. The molecule has 27 heteroatoms. The highest BCUT2D eigenvalue weighted by molar-refractivity contribution is 5.88. The van der Waals surface area contributed by atoms with E-state index in [9.17, 15) is 54.6 Å². The van der Waals surface area contributed by atoms with Crippen molar-refractivity contribution in [3.63, 3.8) is 0 Å². The van der Waals surface area contributed by atoms with Crippen LogP contribution in [0.1, 0.15) is 137 Å². The topological polar surface area (TPSA) is 374 Å². The first-order chi connectivity index (χ1) is 37.4. The van der Waals surface area contributed by atoms with Gasteiger partial charge in [0.2, 0.25) is 11.7 Å². The average molecular weight is 1150 g/mol. The average Bonchev–Trinajstić information content (AvgIpc) is 4.00. The molecule has 2 amide bonds. The number of aliphatic hydroxyl groups is 6. The van der Waals surface area contributed by atoms with Gasteiger partial charge in [-0.1, -0.05) is 20.8 Å². The van der Waals surface area contributed by atoms with Crippen molar-refractivity contribution in [1.29, 1.82) is 0 Å². The third-order valence-electron chi connectivity index (χ3n) is 16.4. The van der Waals surface area contributed by atoms with E-state index in [1.54, 1.807) is 62.6 Å². The number of amides is 2. The number of cyclic esters (lactones) is 1. The summed E-state index contributed by atoms with van der Waals surface area (Å²) in [5.74, 6) is -6.24. The third-order valence-corrected chi connectivity index (χ3v) is 16.4. The second-order valence-electron chi connectivity index (χ2n) is 23.1. The van der Waals surface area contributed by atoms with E-state index in [-0.39, 0.29) is 63.2 Å². The Morgan fingerprint density at radius 1 is 0.900 bits per heavy atom. The van der Waals surface area contributed by atoms with E-state index in [2.05, 4.69) is 20.7 Å². The molecule has 458 valence electrons. The van der Waals surface area contributed by atoms with E-state index < -0.39 is 163 Å². The Bertz CT molecular complexity index is 2210. The van der Waals surface area contributed by atoms with Crippen LogP contribution < -0.4 is 16.4 Å². The quantitative estimate of drug-likeness (QED) is 0.0613. The van der Waals surface area contributed by atoms with Crippen molar-refractivity contribution in [2.45, 2.75) is 235 Å². The molecule has 80 heavy (non-hydrogen) atoms. The molecule has 27 nitrogen and oxygen atoms in total. The fraction of sp³-hybridized carbons (Fsp3) is 0.868. The van der Waals surface area contributed by atoms with Crippen molar-refractivity contribution >= 4 is 29.7 Å². The summed E-state index contributed by atoms with van der Waals surface area (Å²) in [7, 11) is 4.95. The molecule has 10 N–H and O–H groups in total. The number of esters is 3. The van der Waals surface area contributed by atoms with E-state index in [1.807, 2.05) is 18.7 Å². The third kappa shape index (κ3) is 16.4. The Morgan fingerprint density at radius 3 is 2.21 bits per heavy atom. The minimum atomic E-state index is -1.89. The summed E-state index contributed by atoms with van der Waals surface area (Å²) in [5, 5.41) is 78.2. The second-order valence-corrected chi connectivity index (χ2v) is 23.1.